The first-order valence-electron chi connectivity index (χ1n) is 8.64. The molecule has 2 rings (SSSR count). The maximum Gasteiger partial charge on any atom is 0.225 e. The van der Waals surface area contributed by atoms with Crippen LogP contribution in [0, 0.1) is 5.41 Å². The lowest BCUT2D eigenvalue weighted by molar-refractivity contribution is -0.129. The molecule has 1 saturated heterocycles. The number of benzene rings is 1. The van der Waals surface area contributed by atoms with E-state index in [0.717, 1.165) is 39.3 Å². The van der Waals surface area contributed by atoms with E-state index in [1.165, 1.54) is 5.56 Å². The Morgan fingerprint density at radius 1 is 1.09 bits per heavy atom. The third kappa shape index (κ3) is 5.96. The lowest BCUT2D eigenvalue weighted by atomic mass is 9.95. The van der Waals surface area contributed by atoms with Gasteiger partial charge < -0.3 is 5.32 Å². The summed E-state index contributed by atoms with van der Waals surface area (Å²) < 4.78 is 0. The Morgan fingerprint density at radius 3 is 2.22 bits per heavy atom. The first kappa shape index (κ1) is 18.0. The van der Waals surface area contributed by atoms with Gasteiger partial charge in [-0.15, -0.1) is 0 Å². The largest absolute Gasteiger partial charge is 0.352 e. The van der Waals surface area contributed by atoms with Gasteiger partial charge in [0, 0.05) is 50.7 Å². The van der Waals surface area contributed by atoms with Gasteiger partial charge in [0.25, 0.3) is 0 Å². The van der Waals surface area contributed by atoms with Crippen molar-refractivity contribution in [3.63, 3.8) is 0 Å². The first-order valence-corrected chi connectivity index (χ1v) is 8.64. The highest BCUT2D eigenvalue weighted by Crippen LogP contribution is 2.13. The minimum absolute atomic E-state index is 0.132. The number of hydrogen-bond donors (Lipinski definition) is 1. The summed E-state index contributed by atoms with van der Waals surface area (Å²) >= 11 is 0. The summed E-state index contributed by atoms with van der Waals surface area (Å²) in [5, 5.41) is 3.12. The van der Waals surface area contributed by atoms with E-state index in [1.807, 2.05) is 20.8 Å². The van der Waals surface area contributed by atoms with E-state index in [9.17, 15) is 4.79 Å². The molecule has 128 valence electrons. The van der Waals surface area contributed by atoms with Crippen molar-refractivity contribution in [3.05, 3.63) is 35.9 Å². The van der Waals surface area contributed by atoms with Gasteiger partial charge in [0.15, 0.2) is 0 Å². The van der Waals surface area contributed by atoms with E-state index in [4.69, 9.17) is 0 Å². The minimum Gasteiger partial charge on any atom is -0.352 e. The van der Waals surface area contributed by atoms with E-state index in [0.29, 0.717) is 0 Å². The number of rotatable bonds is 5. The number of hydrogen-bond acceptors (Lipinski definition) is 3. The van der Waals surface area contributed by atoms with Crippen LogP contribution < -0.4 is 5.32 Å². The maximum atomic E-state index is 12.0. The van der Waals surface area contributed by atoms with Crippen LogP contribution >= 0.6 is 0 Å². The molecule has 0 aliphatic carbocycles. The molecule has 0 saturated carbocycles. The minimum atomic E-state index is -0.317. The second kappa shape index (κ2) is 7.93. The number of nitrogens with zero attached hydrogens (tertiary/aromatic N) is 2. The standard InChI is InChI=1S/C19H31N3O/c1-16(20-18(23)19(2,3)4)14-21-10-12-22(13-11-21)15-17-8-6-5-7-9-17/h5-9,16H,10-15H2,1-4H3,(H,20,23)/t16-/m0/s1. The fourth-order valence-electron chi connectivity index (χ4n) is 2.84. The topological polar surface area (TPSA) is 35.6 Å². The van der Waals surface area contributed by atoms with Crippen LogP contribution in [0.15, 0.2) is 30.3 Å². The Labute approximate surface area is 140 Å². The highest BCUT2D eigenvalue weighted by Gasteiger charge is 2.24. The Balaban J connectivity index is 1.71. The molecule has 0 spiro atoms. The zero-order chi connectivity index (χ0) is 16.9. The Kier molecular flexibility index (Phi) is 6.19. The summed E-state index contributed by atoms with van der Waals surface area (Å²) in [4.78, 5) is 17.0. The van der Waals surface area contributed by atoms with Gasteiger partial charge in [0.05, 0.1) is 0 Å². The van der Waals surface area contributed by atoms with Crippen molar-refractivity contribution in [2.75, 3.05) is 32.7 Å². The fourth-order valence-corrected chi connectivity index (χ4v) is 2.84. The molecule has 0 radical (unpaired) electrons. The lowest BCUT2D eigenvalue weighted by Crippen LogP contribution is -2.51. The van der Waals surface area contributed by atoms with Crippen LogP contribution in [-0.2, 0) is 11.3 Å². The van der Waals surface area contributed by atoms with Crippen LogP contribution in [0.25, 0.3) is 0 Å². The normalized spacial score (nSPS) is 18.6. The van der Waals surface area contributed by atoms with Crippen molar-refractivity contribution in [3.8, 4) is 0 Å². The quantitative estimate of drug-likeness (QED) is 0.905. The second-order valence-corrected chi connectivity index (χ2v) is 7.69. The van der Waals surface area contributed by atoms with E-state index in [1.54, 1.807) is 0 Å². The molecule has 1 heterocycles. The molecule has 1 fully saturated rings. The van der Waals surface area contributed by atoms with E-state index in [2.05, 4.69) is 52.4 Å². The van der Waals surface area contributed by atoms with Crippen LogP contribution in [0.2, 0.25) is 0 Å². The molecule has 1 N–H and O–H groups in total. The number of nitrogens with one attached hydrogen (secondary N) is 1. The van der Waals surface area contributed by atoms with Crippen molar-refractivity contribution >= 4 is 5.91 Å². The number of carbonyl (C=O) groups is 1. The molecule has 4 heteroatoms. The fraction of sp³-hybridized carbons (Fsp3) is 0.632. The highest BCUT2D eigenvalue weighted by molar-refractivity contribution is 5.81. The molecule has 4 nitrogen and oxygen atoms in total. The molecule has 1 aromatic carbocycles. The number of piperazine rings is 1. The third-order valence-corrected chi connectivity index (χ3v) is 4.30. The number of amides is 1. The van der Waals surface area contributed by atoms with Gasteiger partial charge in [-0.25, -0.2) is 0 Å². The van der Waals surface area contributed by atoms with Crippen LogP contribution in [0.1, 0.15) is 33.3 Å². The van der Waals surface area contributed by atoms with Crippen LogP contribution in [0.4, 0.5) is 0 Å². The summed E-state index contributed by atoms with van der Waals surface area (Å²) in [6, 6.07) is 10.8. The van der Waals surface area contributed by atoms with Crippen LogP contribution in [0.3, 0.4) is 0 Å². The summed E-state index contributed by atoms with van der Waals surface area (Å²) in [5.74, 6) is 0.132. The van der Waals surface area contributed by atoms with Crippen LogP contribution in [-0.4, -0.2) is 54.5 Å². The first-order chi connectivity index (χ1) is 10.8. The van der Waals surface area contributed by atoms with Gasteiger partial charge >= 0.3 is 0 Å². The van der Waals surface area contributed by atoms with Crippen molar-refractivity contribution in [2.24, 2.45) is 5.41 Å². The lowest BCUT2D eigenvalue weighted by Gasteiger charge is -2.36. The van der Waals surface area contributed by atoms with Crippen molar-refractivity contribution in [2.45, 2.75) is 40.3 Å². The molecular formula is C19H31N3O. The third-order valence-electron chi connectivity index (χ3n) is 4.30. The van der Waals surface area contributed by atoms with Crippen molar-refractivity contribution in [1.82, 2.24) is 15.1 Å². The van der Waals surface area contributed by atoms with Gasteiger partial charge in [-0.1, -0.05) is 51.1 Å². The smallest absolute Gasteiger partial charge is 0.225 e. The molecule has 1 amide bonds. The molecule has 1 aromatic rings. The van der Waals surface area contributed by atoms with E-state index in [-0.39, 0.29) is 17.4 Å². The maximum absolute atomic E-state index is 12.0. The summed E-state index contributed by atoms with van der Waals surface area (Å²) in [5.41, 5.74) is 1.06. The van der Waals surface area contributed by atoms with E-state index >= 15 is 0 Å². The molecule has 1 atom stereocenters. The summed E-state index contributed by atoms with van der Waals surface area (Å²) in [7, 11) is 0. The summed E-state index contributed by atoms with van der Waals surface area (Å²) in [6.07, 6.45) is 0. The van der Waals surface area contributed by atoms with E-state index < -0.39 is 0 Å². The molecule has 0 aromatic heterocycles. The summed E-state index contributed by atoms with van der Waals surface area (Å²) in [6.45, 7) is 14.3. The van der Waals surface area contributed by atoms with Gasteiger partial charge in [0.2, 0.25) is 5.91 Å². The molecular weight excluding hydrogens is 286 g/mol. The van der Waals surface area contributed by atoms with Gasteiger partial charge in [-0.2, -0.15) is 0 Å². The second-order valence-electron chi connectivity index (χ2n) is 7.69. The average Bonchev–Trinajstić information content (AvgIpc) is 2.49. The van der Waals surface area contributed by atoms with Gasteiger partial charge in [-0.3, -0.25) is 14.6 Å². The SMILES string of the molecule is C[C@@H](CN1CCN(Cc2ccccc2)CC1)NC(=O)C(C)(C)C. The van der Waals surface area contributed by atoms with Crippen LogP contribution in [0.5, 0.6) is 0 Å². The molecule has 23 heavy (non-hydrogen) atoms. The predicted octanol–water partition coefficient (Wildman–Crippen LogP) is 2.35. The zero-order valence-electron chi connectivity index (χ0n) is 15.0. The van der Waals surface area contributed by atoms with Gasteiger partial charge in [0.1, 0.15) is 0 Å². The Hall–Kier alpha value is -1.39. The Bertz CT molecular complexity index is 487. The molecule has 0 unspecified atom stereocenters. The van der Waals surface area contributed by atoms with Gasteiger partial charge in [-0.05, 0) is 12.5 Å². The Morgan fingerprint density at radius 2 is 1.65 bits per heavy atom. The monoisotopic (exact) mass is 317 g/mol. The number of carbonyl (C=O) groups excluding carboxylic acids is 1. The van der Waals surface area contributed by atoms with Crippen molar-refractivity contribution < 1.29 is 4.79 Å². The zero-order valence-corrected chi connectivity index (χ0v) is 15.0. The molecule has 1 aliphatic rings. The molecule has 0 bridgehead atoms. The highest BCUT2D eigenvalue weighted by atomic mass is 16.2. The average molecular weight is 317 g/mol. The van der Waals surface area contributed by atoms with Crippen molar-refractivity contribution in [1.29, 1.82) is 0 Å². The molecule has 1 aliphatic heterocycles. The predicted molar refractivity (Wildman–Crippen MR) is 95.2 cm³/mol.